The Morgan fingerprint density at radius 3 is 2.89 bits per heavy atom. The van der Waals surface area contributed by atoms with Gasteiger partial charge >= 0.3 is 12.0 Å². The molecular formula is C10H16N4O4. The highest BCUT2D eigenvalue weighted by molar-refractivity contribution is 5.74. The lowest BCUT2D eigenvalue weighted by Gasteiger charge is -2.14. The number of amides is 2. The van der Waals surface area contributed by atoms with Gasteiger partial charge < -0.3 is 25.5 Å². The molecule has 0 saturated carbocycles. The summed E-state index contributed by atoms with van der Waals surface area (Å²) >= 11 is 0. The standard InChI is InChI=1S/C10H16N4O4/c1-18-7(4-9(15)16)5-13-10(17)14-6-8-11-2-3-12-8/h2-3,7H,4-6H2,1H3,(H,11,12)(H,15,16)(H2,13,14,17). The van der Waals surface area contributed by atoms with Crippen LogP contribution in [0.4, 0.5) is 4.79 Å². The van der Waals surface area contributed by atoms with Crippen LogP contribution in [0.25, 0.3) is 0 Å². The lowest BCUT2D eigenvalue weighted by Crippen LogP contribution is -2.40. The third kappa shape index (κ3) is 5.30. The van der Waals surface area contributed by atoms with Crippen LogP contribution in [0.1, 0.15) is 12.2 Å². The topological polar surface area (TPSA) is 116 Å². The maximum atomic E-state index is 11.4. The van der Waals surface area contributed by atoms with Gasteiger partial charge in [0, 0.05) is 26.0 Å². The zero-order chi connectivity index (χ0) is 13.4. The van der Waals surface area contributed by atoms with E-state index in [4.69, 9.17) is 9.84 Å². The first-order chi connectivity index (χ1) is 8.61. The third-order valence-electron chi connectivity index (χ3n) is 2.20. The van der Waals surface area contributed by atoms with Crippen molar-refractivity contribution in [1.29, 1.82) is 0 Å². The fourth-order valence-electron chi connectivity index (χ4n) is 1.26. The van der Waals surface area contributed by atoms with Crippen molar-refractivity contribution in [3.05, 3.63) is 18.2 Å². The Bertz CT molecular complexity index is 379. The van der Waals surface area contributed by atoms with E-state index in [0.29, 0.717) is 5.82 Å². The third-order valence-corrected chi connectivity index (χ3v) is 2.20. The fraction of sp³-hybridized carbons (Fsp3) is 0.500. The number of carboxylic acid groups (broad SMARTS) is 1. The van der Waals surface area contributed by atoms with E-state index in [-0.39, 0.29) is 19.5 Å². The van der Waals surface area contributed by atoms with Crippen LogP contribution in [0.15, 0.2) is 12.4 Å². The summed E-state index contributed by atoms with van der Waals surface area (Å²) in [5.41, 5.74) is 0. The van der Waals surface area contributed by atoms with Gasteiger partial charge in [-0.15, -0.1) is 0 Å². The summed E-state index contributed by atoms with van der Waals surface area (Å²) in [6, 6.07) is -0.404. The number of nitrogens with one attached hydrogen (secondary N) is 3. The number of rotatable bonds is 7. The predicted molar refractivity (Wildman–Crippen MR) is 61.9 cm³/mol. The maximum absolute atomic E-state index is 11.4. The van der Waals surface area contributed by atoms with Crippen molar-refractivity contribution < 1.29 is 19.4 Å². The van der Waals surface area contributed by atoms with Crippen LogP contribution in [-0.4, -0.2) is 46.8 Å². The minimum absolute atomic E-state index is 0.132. The molecule has 0 radical (unpaired) electrons. The molecule has 1 atom stereocenters. The molecule has 0 aliphatic carbocycles. The van der Waals surface area contributed by atoms with Crippen LogP contribution in [0, 0.1) is 0 Å². The molecule has 0 aliphatic heterocycles. The van der Waals surface area contributed by atoms with E-state index < -0.39 is 18.1 Å². The number of carboxylic acids is 1. The lowest BCUT2D eigenvalue weighted by atomic mass is 10.2. The summed E-state index contributed by atoms with van der Waals surface area (Å²) in [4.78, 5) is 28.6. The van der Waals surface area contributed by atoms with E-state index >= 15 is 0 Å². The predicted octanol–water partition coefficient (Wildman–Crippen LogP) is -0.301. The maximum Gasteiger partial charge on any atom is 0.315 e. The second kappa shape index (κ2) is 7.28. The van der Waals surface area contributed by atoms with Crippen LogP contribution in [0.5, 0.6) is 0 Å². The number of nitrogens with zero attached hydrogens (tertiary/aromatic N) is 1. The zero-order valence-corrected chi connectivity index (χ0v) is 9.97. The monoisotopic (exact) mass is 256 g/mol. The molecular weight excluding hydrogens is 240 g/mol. The molecule has 0 saturated heterocycles. The van der Waals surface area contributed by atoms with Crippen molar-refractivity contribution in [2.24, 2.45) is 0 Å². The second-order valence-corrected chi connectivity index (χ2v) is 3.56. The number of hydrogen-bond acceptors (Lipinski definition) is 4. The highest BCUT2D eigenvalue weighted by atomic mass is 16.5. The van der Waals surface area contributed by atoms with Crippen LogP contribution in [0.2, 0.25) is 0 Å². The molecule has 0 aliphatic rings. The van der Waals surface area contributed by atoms with Gasteiger partial charge in [0.1, 0.15) is 5.82 Å². The summed E-state index contributed by atoms with van der Waals surface area (Å²) in [6.45, 7) is 0.405. The number of hydrogen-bond donors (Lipinski definition) is 4. The molecule has 1 unspecified atom stereocenters. The molecule has 8 nitrogen and oxygen atoms in total. The molecule has 1 aromatic rings. The smallest absolute Gasteiger partial charge is 0.315 e. The molecule has 1 heterocycles. The average molecular weight is 256 g/mol. The van der Waals surface area contributed by atoms with E-state index in [0.717, 1.165) is 0 Å². The number of H-pyrrole nitrogens is 1. The summed E-state index contributed by atoms with van der Waals surface area (Å²) in [6.07, 6.45) is 2.54. The van der Waals surface area contributed by atoms with Gasteiger partial charge in [-0.05, 0) is 0 Å². The Hall–Kier alpha value is -2.09. The molecule has 1 aromatic heterocycles. The van der Waals surface area contributed by atoms with Crippen molar-refractivity contribution in [2.45, 2.75) is 19.1 Å². The Kier molecular flexibility index (Phi) is 5.65. The molecule has 2 amide bonds. The summed E-state index contributed by atoms with van der Waals surface area (Å²) in [5.74, 6) is -0.335. The number of aromatic amines is 1. The number of ether oxygens (including phenoxy) is 1. The molecule has 4 N–H and O–H groups in total. The van der Waals surface area contributed by atoms with Crippen molar-refractivity contribution in [2.75, 3.05) is 13.7 Å². The van der Waals surface area contributed by atoms with Gasteiger partial charge in [-0.3, -0.25) is 4.79 Å². The van der Waals surface area contributed by atoms with Crippen molar-refractivity contribution >= 4 is 12.0 Å². The van der Waals surface area contributed by atoms with Crippen LogP contribution < -0.4 is 10.6 Å². The Labute approximate surface area is 104 Å². The zero-order valence-electron chi connectivity index (χ0n) is 9.97. The lowest BCUT2D eigenvalue weighted by molar-refractivity contribution is -0.139. The molecule has 1 rings (SSSR count). The highest BCUT2D eigenvalue weighted by Crippen LogP contribution is 1.95. The number of urea groups is 1. The molecule has 0 spiro atoms. The Balaban J connectivity index is 2.21. The average Bonchev–Trinajstić information content (AvgIpc) is 2.84. The molecule has 0 fully saturated rings. The van der Waals surface area contributed by atoms with E-state index in [2.05, 4.69) is 20.6 Å². The first-order valence-corrected chi connectivity index (χ1v) is 5.36. The van der Waals surface area contributed by atoms with Gasteiger partial charge in [-0.2, -0.15) is 0 Å². The van der Waals surface area contributed by atoms with Gasteiger partial charge in [-0.25, -0.2) is 9.78 Å². The van der Waals surface area contributed by atoms with Gasteiger partial charge in [0.05, 0.1) is 19.1 Å². The highest BCUT2D eigenvalue weighted by Gasteiger charge is 2.13. The number of carbonyl (C=O) groups excluding carboxylic acids is 1. The van der Waals surface area contributed by atoms with Crippen molar-refractivity contribution in [3.63, 3.8) is 0 Å². The number of methoxy groups -OCH3 is 1. The fourth-order valence-corrected chi connectivity index (χ4v) is 1.26. The summed E-state index contributed by atoms with van der Waals surface area (Å²) in [5, 5.41) is 13.7. The Morgan fingerprint density at radius 1 is 1.56 bits per heavy atom. The summed E-state index contributed by atoms with van der Waals surface area (Å²) in [7, 11) is 1.40. The van der Waals surface area contributed by atoms with Crippen LogP contribution in [-0.2, 0) is 16.1 Å². The van der Waals surface area contributed by atoms with E-state index in [9.17, 15) is 9.59 Å². The largest absolute Gasteiger partial charge is 0.481 e. The number of aliphatic carboxylic acids is 1. The van der Waals surface area contributed by atoms with Crippen LogP contribution in [0.3, 0.4) is 0 Å². The van der Waals surface area contributed by atoms with Crippen LogP contribution >= 0.6 is 0 Å². The second-order valence-electron chi connectivity index (χ2n) is 3.56. The quantitative estimate of drug-likeness (QED) is 0.534. The molecule has 8 heteroatoms. The summed E-state index contributed by atoms with van der Waals surface area (Å²) < 4.78 is 4.92. The number of imidazole rings is 1. The molecule has 0 bridgehead atoms. The van der Waals surface area contributed by atoms with Gasteiger partial charge in [0.25, 0.3) is 0 Å². The van der Waals surface area contributed by atoms with Gasteiger partial charge in [0.2, 0.25) is 0 Å². The molecule has 100 valence electrons. The number of carbonyl (C=O) groups is 2. The SMILES string of the molecule is COC(CNC(=O)NCc1ncc[nH]1)CC(=O)O. The van der Waals surface area contributed by atoms with Crippen molar-refractivity contribution in [3.8, 4) is 0 Å². The molecule has 0 aromatic carbocycles. The molecule has 18 heavy (non-hydrogen) atoms. The van der Waals surface area contributed by atoms with Crippen molar-refractivity contribution in [1.82, 2.24) is 20.6 Å². The van der Waals surface area contributed by atoms with E-state index in [1.165, 1.54) is 7.11 Å². The van der Waals surface area contributed by atoms with E-state index in [1.54, 1.807) is 12.4 Å². The van der Waals surface area contributed by atoms with Gasteiger partial charge in [0.15, 0.2) is 0 Å². The van der Waals surface area contributed by atoms with E-state index in [1.807, 2.05) is 0 Å². The normalized spacial score (nSPS) is 11.8. The first kappa shape index (κ1) is 14.0. The van der Waals surface area contributed by atoms with Gasteiger partial charge in [-0.1, -0.05) is 0 Å². The minimum atomic E-state index is -0.973. The minimum Gasteiger partial charge on any atom is -0.481 e. The Morgan fingerprint density at radius 2 is 2.33 bits per heavy atom. The first-order valence-electron chi connectivity index (χ1n) is 5.36. The number of aromatic nitrogens is 2.